The molecule has 0 aliphatic carbocycles. The van der Waals surface area contributed by atoms with Crippen LogP contribution >= 0.6 is 0 Å². The van der Waals surface area contributed by atoms with Crippen molar-refractivity contribution >= 4 is 28.4 Å². The number of hydrogen-bond acceptors (Lipinski definition) is 12. The van der Waals surface area contributed by atoms with Crippen molar-refractivity contribution in [1.29, 1.82) is 5.26 Å². The van der Waals surface area contributed by atoms with E-state index in [0.717, 1.165) is 12.3 Å². The highest BCUT2D eigenvalue weighted by molar-refractivity contribution is 7.85. The molecule has 0 bridgehead atoms. The summed E-state index contributed by atoms with van der Waals surface area (Å²) in [5, 5.41) is 28.0. The van der Waals surface area contributed by atoms with Crippen LogP contribution in [0.25, 0.3) is 0 Å². The highest BCUT2D eigenvalue weighted by atomic mass is 32.2. The Labute approximate surface area is 244 Å². The average Bonchev–Trinajstić information content (AvgIpc) is 3.42. The smallest absolute Gasteiger partial charge is 0.341 e. The molecule has 43 heavy (non-hydrogen) atoms. The summed E-state index contributed by atoms with van der Waals surface area (Å²) in [6.45, 7) is 0.940. The summed E-state index contributed by atoms with van der Waals surface area (Å²) in [7, 11) is -0.313. The fourth-order valence-electron chi connectivity index (χ4n) is 3.93. The summed E-state index contributed by atoms with van der Waals surface area (Å²) in [6, 6.07) is 9.56. The van der Waals surface area contributed by atoms with Gasteiger partial charge in [-0.3, -0.25) is 4.99 Å². The Bertz CT molecular complexity index is 1880. The third-order valence-electron chi connectivity index (χ3n) is 6.06. The van der Waals surface area contributed by atoms with Crippen LogP contribution in [-0.4, -0.2) is 66.2 Å². The largest absolute Gasteiger partial charge is 0.504 e. The molecule has 2 aromatic carbocycles. The number of nitrogens with two attached hydrogens (primary N) is 1. The van der Waals surface area contributed by atoms with Gasteiger partial charge in [-0.05, 0) is 30.3 Å². The summed E-state index contributed by atoms with van der Waals surface area (Å²) >= 11 is 0. The first-order valence-corrected chi connectivity index (χ1v) is 13.3. The zero-order chi connectivity index (χ0) is 30.8. The van der Waals surface area contributed by atoms with Crippen molar-refractivity contribution in [3.63, 3.8) is 0 Å². The number of aromatic nitrogens is 3. The first-order chi connectivity index (χ1) is 20.6. The van der Waals surface area contributed by atoms with Crippen LogP contribution in [0, 0.1) is 23.0 Å². The van der Waals surface area contributed by atoms with E-state index in [4.69, 9.17) is 25.6 Å². The average molecular weight is 608 g/mol. The summed E-state index contributed by atoms with van der Waals surface area (Å²) in [4.78, 5) is 28.8. The highest BCUT2D eigenvalue weighted by Gasteiger charge is 2.26. The fourth-order valence-corrected chi connectivity index (χ4v) is 4.88. The van der Waals surface area contributed by atoms with Gasteiger partial charge in [-0.2, -0.15) is 9.65 Å². The first-order valence-electron chi connectivity index (χ1n) is 12.2. The van der Waals surface area contributed by atoms with Crippen LogP contribution in [0.5, 0.6) is 28.9 Å². The number of hydrogen-bond donors (Lipinski definition) is 3. The molecule has 0 saturated carbocycles. The zero-order valence-corrected chi connectivity index (χ0v) is 22.8. The van der Waals surface area contributed by atoms with E-state index in [9.17, 15) is 18.5 Å². The SMILES string of the molecule is CN1CCN=C1c1cc(S(=O)c2ncc(C(=O)O)c(N)n2)ccc1Oc1c(F)cnc(Oc2cc(C#N)ccc2O)c1F. The van der Waals surface area contributed by atoms with Crippen LogP contribution in [0.15, 0.2) is 63.8 Å². The van der Waals surface area contributed by atoms with Crippen LogP contribution in [0.3, 0.4) is 0 Å². The third kappa shape index (κ3) is 5.74. The van der Waals surface area contributed by atoms with Crippen LogP contribution in [-0.2, 0) is 10.8 Å². The van der Waals surface area contributed by atoms with Crippen molar-refractivity contribution in [2.75, 3.05) is 25.9 Å². The molecule has 1 unspecified atom stereocenters. The number of likely N-dealkylation sites (N-methyl/N-ethyl adjacent to an activating group) is 1. The number of carboxylic acids is 1. The van der Waals surface area contributed by atoms with E-state index in [-0.39, 0.29) is 44.1 Å². The maximum Gasteiger partial charge on any atom is 0.341 e. The lowest BCUT2D eigenvalue weighted by molar-refractivity contribution is 0.0697. The van der Waals surface area contributed by atoms with E-state index in [1.807, 2.05) is 6.07 Å². The molecule has 0 spiro atoms. The normalized spacial score (nSPS) is 13.3. The molecule has 3 heterocycles. The van der Waals surface area contributed by atoms with Gasteiger partial charge in [-0.1, -0.05) is 0 Å². The maximum atomic E-state index is 15.5. The number of aromatic hydroxyl groups is 1. The van der Waals surface area contributed by atoms with Crippen molar-refractivity contribution in [2.24, 2.45) is 4.99 Å². The predicted octanol–water partition coefficient (Wildman–Crippen LogP) is 3.45. The lowest BCUT2D eigenvalue weighted by Crippen LogP contribution is -2.24. The number of aromatic carboxylic acids is 1. The van der Waals surface area contributed by atoms with Gasteiger partial charge in [0, 0.05) is 30.8 Å². The van der Waals surface area contributed by atoms with Gasteiger partial charge in [-0.25, -0.2) is 28.3 Å². The van der Waals surface area contributed by atoms with Crippen molar-refractivity contribution in [3.05, 3.63) is 77.1 Å². The van der Waals surface area contributed by atoms with Crippen molar-refractivity contribution in [1.82, 2.24) is 19.9 Å². The summed E-state index contributed by atoms with van der Waals surface area (Å²) < 4.78 is 54.7. The lowest BCUT2D eigenvalue weighted by Gasteiger charge is -2.19. The van der Waals surface area contributed by atoms with Gasteiger partial charge in [0.15, 0.2) is 17.3 Å². The van der Waals surface area contributed by atoms with E-state index >= 15 is 4.39 Å². The topological polar surface area (TPSA) is 197 Å². The Morgan fingerprint density at radius 3 is 2.60 bits per heavy atom. The molecule has 2 aromatic heterocycles. The number of amidine groups is 1. The third-order valence-corrected chi connectivity index (χ3v) is 7.27. The zero-order valence-electron chi connectivity index (χ0n) is 22.0. The van der Waals surface area contributed by atoms with Gasteiger partial charge in [0.05, 0.1) is 29.9 Å². The van der Waals surface area contributed by atoms with Gasteiger partial charge in [-0.15, -0.1) is 0 Å². The second-order valence-corrected chi connectivity index (χ2v) is 10.2. The molecule has 1 atom stereocenters. The molecule has 5 rings (SSSR count). The van der Waals surface area contributed by atoms with Crippen molar-refractivity contribution < 1.29 is 37.5 Å². The maximum absolute atomic E-state index is 15.5. The van der Waals surface area contributed by atoms with Gasteiger partial charge in [0.1, 0.15) is 33.8 Å². The molecule has 0 fully saturated rings. The van der Waals surface area contributed by atoms with E-state index < -0.39 is 45.8 Å². The second kappa shape index (κ2) is 11.7. The summed E-state index contributed by atoms with van der Waals surface area (Å²) in [6.07, 6.45) is 1.60. The van der Waals surface area contributed by atoms with E-state index in [1.165, 1.54) is 30.3 Å². The quantitative estimate of drug-likeness (QED) is 0.247. The molecule has 4 aromatic rings. The molecular formula is C27H19F2N7O6S. The van der Waals surface area contributed by atoms with Crippen LogP contribution in [0.2, 0.25) is 0 Å². The predicted molar refractivity (Wildman–Crippen MR) is 146 cm³/mol. The Morgan fingerprint density at radius 1 is 1.14 bits per heavy atom. The summed E-state index contributed by atoms with van der Waals surface area (Å²) in [5.74, 6) is -6.28. The highest BCUT2D eigenvalue weighted by Crippen LogP contribution is 2.38. The van der Waals surface area contributed by atoms with Crippen LogP contribution < -0.4 is 15.2 Å². The minimum atomic E-state index is -2.04. The van der Waals surface area contributed by atoms with Gasteiger partial charge >= 0.3 is 5.97 Å². The van der Waals surface area contributed by atoms with E-state index in [0.29, 0.717) is 25.1 Å². The molecule has 218 valence electrons. The van der Waals surface area contributed by atoms with Crippen LogP contribution in [0.1, 0.15) is 21.5 Å². The molecule has 0 saturated heterocycles. The molecule has 1 aliphatic heterocycles. The number of benzene rings is 2. The monoisotopic (exact) mass is 607 g/mol. The number of ether oxygens (including phenoxy) is 2. The van der Waals surface area contributed by atoms with E-state index in [2.05, 4.69) is 19.9 Å². The number of anilines is 1. The fraction of sp³-hybridized carbons (Fsp3) is 0.111. The number of phenols is 1. The standard InChI is InChI=1S/C27H19F2N7O6S/c1-36-7-6-32-24(36)15-9-14(43(40)27-34-11-16(26(38)39)23(31)35-27)3-5-19(15)41-22-17(28)12-33-25(21(22)29)42-20-8-13(10-30)2-4-18(20)37/h2-5,8-9,11-12,37H,6-7H2,1H3,(H,38,39)(H2,31,34,35). The number of aliphatic imine (C=N–C) groups is 1. The van der Waals surface area contributed by atoms with Gasteiger partial charge in [0.25, 0.3) is 5.88 Å². The Morgan fingerprint density at radius 2 is 1.93 bits per heavy atom. The van der Waals surface area contributed by atoms with Gasteiger partial charge < -0.3 is 30.3 Å². The minimum Gasteiger partial charge on any atom is -0.504 e. The molecule has 13 nitrogen and oxygen atoms in total. The molecule has 1 aliphatic rings. The second-order valence-electron chi connectivity index (χ2n) is 8.86. The molecular weight excluding hydrogens is 588 g/mol. The lowest BCUT2D eigenvalue weighted by atomic mass is 10.1. The molecule has 16 heteroatoms. The minimum absolute atomic E-state index is 0.0702. The number of pyridine rings is 1. The number of carboxylic acid groups (broad SMARTS) is 1. The van der Waals surface area contributed by atoms with Gasteiger partial charge in [0.2, 0.25) is 16.7 Å². The number of halogens is 2. The molecule has 4 N–H and O–H groups in total. The number of rotatable bonds is 8. The first kappa shape index (κ1) is 28.8. The Hall–Kier alpha value is -5.69. The molecule has 0 amide bonds. The van der Waals surface area contributed by atoms with Crippen molar-refractivity contribution in [3.8, 4) is 34.9 Å². The Balaban J connectivity index is 1.53. The molecule has 0 radical (unpaired) electrons. The van der Waals surface area contributed by atoms with Crippen LogP contribution in [0.4, 0.5) is 14.6 Å². The number of nitrogen functional groups attached to an aromatic ring is 1. The number of phenolic OH excluding ortho intramolecular Hbond substituents is 1. The summed E-state index contributed by atoms with van der Waals surface area (Å²) in [5.41, 5.74) is 5.66. The number of nitriles is 1. The Kier molecular flexibility index (Phi) is 7.82. The number of nitrogens with zero attached hydrogens (tertiary/aromatic N) is 6. The van der Waals surface area contributed by atoms with Crippen molar-refractivity contribution in [2.45, 2.75) is 10.1 Å². The van der Waals surface area contributed by atoms with E-state index in [1.54, 1.807) is 11.9 Å². The number of carbonyl (C=O) groups is 1.